The lowest BCUT2D eigenvalue weighted by Crippen LogP contribution is -3.00. The van der Waals surface area contributed by atoms with E-state index in [4.69, 9.17) is 10.5 Å². The van der Waals surface area contributed by atoms with Crippen LogP contribution in [0.1, 0.15) is 10.4 Å². The number of nitrogen functional groups attached to an aromatic ring is 1. The smallest absolute Gasteiger partial charge is 0.356 e. The van der Waals surface area contributed by atoms with Gasteiger partial charge in [-0.25, -0.2) is 9.13 Å². The predicted molar refractivity (Wildman–Crippen MR) is 102 cm³/mol. The molecule has 7 heteroatoms. The highest BCUT2D eigenvalue weighted by Crippen LogP contribution is 2.17. The van der Waals surface area contributed by atoms with Gasteiger partial charge in [0.05, 0.1) is 13.7 Å². The lowest BCUT2D eigenvalue weighted by atomic mass is 10.1. The number of ether oxygens (including phenoxy) is 1. The fourth-order valence-electron chi connectivity index (χ4n) is 3.03. The largest absolute Gasteiger partial charge is 1.00 e. The van der Waals surface area contributed by atoms with E-state index in [0.29, 0.717) is 11.5 Å². The van der Waals surface area contributed by atoms with Crippen molar-refractivity contribution in [3.63, 3.8) is 0 Å². The van der Waals surface area contributed by atoms with E-state index >= 15 is 0 Å². The quantitative estimate of drug-likeness (QED) is 0.383. The van der Waals surface area contributed by atoms with Crippen LogP contribution in [0.4, 0.5) is 5.95 Å². The van der Waals surface area contributed by atoms with Crippen LogP contribution >= 0.6 is 0 Å². The summed E-state index contributed by atoms with van der Waals surface area (Å²) >= 11 is 0. The van der Waals surface area contributed by atoms with Gasteiger partial charge in [-0.3, -0.25) is 10.5 Å². The Labute approximate surface area is 169 Å². The second kappa shape index (κ2) is 9.01. The molecule has 3 aromatic rings. The number of benzene rings is 2. The van der Waals surface area contributed by atoms with Crippen LogP contribution in [-0.4, -0.2) is 43.0 Å². The Hall–Kier alpha value is -2.38. The lowest BCUT2D eigenvalue weighted by Gasteiger charge is -2.08. The molecule has 3 rings (SSSR count). The molecule has 0 saturated heterocycles. The standard InChI is InChI=1S/C20H24N4O2.BrH/c1-22(2)12-13-23-17-6-4-5-7-18(17)24(20(23)21)14-19(25)15-8-10-16(26-3)11-9-15;/h4-11,21H,12-14H2,1-3H3;1H. The van der Waals surface area contributed by atoms with Crippen molar-refractivity contribution in [2.75, 3.05) is 33.5 Å². The third-order valence-electron chi connectivity index (χ3n) is 4.50. The van der Waals surface area contributed by atoms with Gasteiger partial charge in [-0.1, -0.05) is 12.1 Å². The molecule has 2 aromatic carbocycles. The van der Waals surface area contributed by atoms with E-state index < -0.39 is 0 Å². The van der Waals surface area contributed by atoms with E-state index in [1.54, 1.807) is 31.4 Å². The van der Waals surface area contributed by atoms with Crippen LogP contribution in [0, 0.1) is 0 Å². The van der Waals surface area contributed by atoms with Crippen molar-refractivity contribution in [3.8, 4) is 5.75 Å². The summed E-state index contributed by atoms with van der Waals surface area (Å²) in [6, 6.07) is 15.1. The van der Waals surface area contributed by atoms with Gasteiger partial charge in [0.2, 0.25) is 0 Å². The van der Waals surface area contributed by atoms with Gasteiger partial charge in [-0.2, -0.15) is 0 Å². The first-order valence-corrected chi connectivity index (χ1v) is 8.59. The molecule has 0 unspecified atom stereocenters. The van der Waals surface area contributed by atoms with Crippen molar-refractivity contribution >= 4 is 22.8 Å². The summed E-state index contributed by atoms with van der Waals surface area (Å²) in [5, 5.41) is 0. The first-order valence-electron chi connectivity index (χ1n) is 8.59. The molecule has 0 spiro atoms. The van der Waals surface area contributed by atoms with Crippen molar-refractivity contribution in [2.45, 2.75) is 13.1 Å². The molecule has 2 N–H and O–H groups in total. The van der Waals surface area contributed by atoms with E-state index in [1.165, 1.54) is 0 Å². The molecular formula is C20H25BrN4O2. The van der Waals surface area contributed by atoms with E-state index in [-0.39, 0.29) is 29.3 Å². The summed E-state index contributed by atoms with van der Waals surface area (Å²) in [5.74, 6) is 1.34. The number of aromatic nitrogens is 2. The van der Waals surface area contributed by atoms with Gasteiger partial charge >= 0.3 is 5.95 Å². The topological polar surface area (TPSA) is 64.4 Å². The van der Waals surface area contributed by atoms with Gasteiger partial charge in [-0.05, 0) is 50.5 Å². The summed E-state index contributed by atoms with van der Waals surface area (Å²) < 4.78 is 9.10. The zero-order valence-corrected chi connectivity index (χ0v) is 17.4. The van der Waals surface area contributed by atoms with Crippen molar-refractivity contribution in [1.29, 1.82) is 0 Å². The summed E-state index contributed by atoms with van der Waals surface area (Å²) in [4.78, 5) is 14.9. The molecule has 144 valence electrons. The van der Waals surface area contributed by atoms with E-state index in [1.807, 2.05) is 42.9 Å². The molecule has 0 radical (unpaired) electrons. The minimum absolute atomic E-state index is 0. The molecule has 0 bridgehead atoms. The SMILES string of the molecule is COc1ccc(C(=O)C[n+]2c(N)n(CCN(C)C)c3ccccc32)cc1.[Br-]. The Balaban J connectivity index is 0.00000261. The molecule has 0 amide bonds. The molecule has 0 saturated carbocycles. The first-order chi connectivity index (χ1) is 12.5. The van der Waals surface area contributed by atoms with Crippen LogP contribution in [0.15, 0.2) is 48.5 Å². The maximum Gasteiger partial charge on any atom is 0.356 e. The van der Waals surface area contributed by atoms with Crippen LogP contribution < -0.4 is 32.0 Å². The van der Waals surface area contributed by atoms with E-state index in [9.17, 15) is 4.79 Å². The maximum absolute atomic E-state index is 12.8. The number of halogens is 1. The van der Waals surface area contributed by atoms with Gasteiger partial charge in [0.15, 0.2) is 5.78 Å². The second-order valence-corrected chi connectivity index (χ2v) is 6.54. The van der Waals surface area contributed by atoms with E-state index in [2.05, 4.69) is 9.47 Å². The highest BCUT2D eigenvalue weighted by molar-refractivity contribution is 5.95. The van der Waals surface area contributed by atoms with Crippen molar-refractivity contribution in [3.05, 3.63) is 54.1 Å². The number of anilines is 1. The summed E-state index contributed by atoms with van der Waals surface area (Å²) in [7, 11) is 5.67. The fourth-order valence-corrected chi connectivity index (χ4v) is 3.03. The number of hydrogen-bond acceptors (Lipinski definition) is 4. The number of para-hydroxylation sites is 2. The number of nitrogens with zero attached hydrogens (tertiary/aromatic N) is 3. The average molecular weight is 433 g/mol. The number of carbonyl (C=O) groups excluding carboxylic acids is 1. The first kappa shape index (κ1) is 20.9. The second-order valence-electron chi connectivity index (χ2n) is 6.54. The molecule has 6 nitrogen and oxygen atoms in total. The molecule has 1 heterocycles. The number of fused-ring (bicyclic) bond motifs is 1. The monoisotopic (exact) mass is 432 g/mol. The molecule has 0 aliphatic rings. The summed E-state index contributed by atoms with van der Waals surface area (Å²) in [6.07, 6.45) is 0. The predicted octanol–water partition coefficient (Wildman–Crippen LogP) is -1.03. The number of hydrogen-bond donors (Lipinski definition) is 1. The van der Waals surface area contributed by atoms with Crippen LogP contribution in [0.25, 0.3) is 11.0 Å². The molecule has 0 aliphatic carbocycles. The molecule has 0 aliphatic heterocycles. The van der Waals surface area contributed by atoms with Crippen LogP contribution in [0.5, 0.6) is 5.75 Å². The molecule has 0 fully saturated rings. The Morgan fingerprint density at radius 1 is 1.15 bits per heavy atom. The third kappa shape index (κ3) is 4.48. The molecule has 0 atom stereocenters. The fraction of sp³-hybridized carbons (Fsp3) is 0.300. The highest BCUT2D eigenvalue weighted by atomic mass is 79.9. The van der Waals surface area contributed by atoms with Gasteiger partial charge in [-0.15, -0.1) is 0 Å². The maximum atomic E-state index is 12.8. The Kier molecular flexibility index (Phi) is 6.98. The number of carbonyl (C=O) groups is 1. The Bertz CT molecular complexity index is 920. The number of nitrogens with two attached hydrogens (primary N) is 1. The summed E-state index contributed by atoms with van der Waals surface area (Å²) in [5.41, 5.74) is 9.05. The minimum Gasteiger partial charge on any atom is -1.00 e. The number of ketones is 1. The van der Waals surface area contributed by atoms with E-state index in [0.717, 1.165) is 29.9 Å². The third-order valence-corrected chi connectivity index (χ3v) is 4.50. The van der Waals surface area contributed by atoms with Crippen LogP contribution in [-0.2, 0) is 13.1 Å². The summed E-state index contributed by atoms with van der Waals surface area (Å²) in [6.45, 7) is 1.84. The lowest BCUT2D eigenvalue weighted by molar-refractivity contribution is -0.642. The van der Waals surface area contributed by atoms with Crippen LogP contribution in [0.3, 0.4) is 0 Å². The minimum atomic E-state index is 0. The molecular weight excluding hydrogens is 408 g/mol. The van der Waals surface area contributed by atoms with Crippen molar-refractivity contribution < 1.29 is 31.1 Å². The van der Waals surface area contributed by atoms with Gasteiger partial charge in [0, 0.05) is 12.1 Å². The normalized spacial score (nSPS) is 10.8. The van der Waals surface area contributed by atoms with Gasteiger partial charge < -0.3 is 26.6 Å². The van der Waals surface area contributed by atoms with Gasteiger partial charge in [0.25, 0.3) is 0 Å². The zero-order valence-electron chi connectivity index (χ0n) is 15.9. The van der Waals surface area contributed by atoms with Crippen molar-refractivity contribution in [1.82, 2.24) is 9.47 Å². The Morgan fingerprint density at radius 2 is 1.81 bits per heavy atom. The zero-order chi connectivity index (χ0) is 18.7. The number of Topliss-reactive ketones (excluding diaryl/α,β-unsaturated/α-hetero) is 1. The van der Waals surface area contributed by atoms with Gasteiger partial charge in [0.1, 0.15) is 23.3 Å². The number of methoxy groups -OCH3 is 1. The molecule has 1 aromatic heterocycles. The average Bonchev–Trinajstić information content (AvgIpc) is 2.91. The van der Waals surface area contributed by atoms with Crippen molar-refractivity contribution in [2.24, 2.45) is 0 Å². The number of rotatable bonds is 7. The van der Waals surface area contributed by atoms with Crippen LogP contribution in [0.2, 0.25) is 0 Å². The number of imidazole rings is 1. The highest BCUT2D eigenvalue weighted by Gasteiger charge is 2.23. The Morgan fingerprint density at radius 3 is 2.44 bits per heavy atom. The number of likely N-dealkylation sites (N-methyl/N-ethyl adjacent to an activating group) is 1. The molecule has 27 heavy (non-hydrogen) atoms.